The van der Waals surface area contributed by atoms with Gasteiger partial charge in [-0.25, -0.2) is 13.4 Å². The van der Waals surface area contributed by atoms with E-state index >= 15 is 0 Å². The van der Waals surface area contributed by atoms with Crippen molar-refractivity contribution in [3.8, 4) is 11.5 Å². The topological polar surface area (TPSA) is 103 Å². The SMILES string of the molecule is COc1ccc(OC)c(S(=O)(=O)N(C)Cc2nc3cc(C(=O)NC(C)C)ccc3n2C)c1. The second-order valence-corrected chi connectivity index (χ2v) is 9.71. The Labute approximate surface area is 188 Å². The molecule has 0 bridgehead atoms. The van der Waals surface area contributed by atoms with Crippen LogP contribution in [0.3, 0.4) is 0 Å². The number of carbonyl (C=O) groups excluding carboxylic acids is 1. The molecular formula is C22H28N4O5S. The van der Waals surface area contributed by atoms with Crippen LogP contribution < -0.4 is 14.8 Å². The minimum absolute atomic E-state index is 0.00765. The van der Waals surface area contributed by atoms with Gasteiger partial charge in [0, 0.05) is 31.8 Å². The Balaban J connectivity index is 1.93. The zero-order valence-electron chi connectivity index (χ0n) is 19.0. The van der Waals surface area contributed by atoms with Crippen LogP contribution in [0.15, 0.2) is 41.3 Å². The molecule has 0 saturated carbocycles. The van der Waals surface area contributed by atoms with E-state index < -0.39 is 10.0 Å². The lowest BCUT2D eigenvalue weighted by Gasteiger charge is -2.19. The van der Waals surface area contributed by atoms with E-state index in [0.29, 0.717) is 22.7 Å². The lowest BCUT2D eigenvalue weighted by atomic mass is 10.2. The maximum atomic E-state index is 13.3. The Hall–Kier alpha value is -3.11. The molecule has 172 valence electrons. The van der Waals surface area contributed by atoms with Crippen molar-refractivity contribution in [3.05, 3.63) is 47.8 Å². The number of aryl methyl sites for hydroxylation is 1. The van der Waals surface area contributed by atoms with E-state index in [2.05, 4.69) is 10.3 Å². The highest BCUT2D eigenvalue weighted by Crippen LogP contribution is 2.31. The van der Waals surface area contributed by atoms with Crippen molar-refractivity contribution >= 4 is 27.0 Å². The average molecular weight is 461 g/mol. The van der Waals surface area contributed by atoms with Gasteiger partial charge in [0.15, 0.2) is 0 Å². The quantitative estimate of drug-likeness (QED) is 0.554. The minimum atomic E-state index is -3.89. The molecule has 9 nitrogen and oxygen atoms in total. The summed E-state index contributed by atoms with van der Waals surface area (Å²) in [5, 5.41) is 2.85. The smallest absolute Gasteiger partial charge is 0.251 e. The number of rotatable bonds is 8. The Morgan fingerprint density at radius 2 is 1.88 bits per heavy atom. The fourth-order valence-corrected chi connectivity index (χ4v) is 4.61. The van der Waals surface area contributed by atoms with Gasteiger partial charge in [0.05, 0.1) is 31.8 Å². The highest BCUT2D eigenvalue weighted by atomic mass is 32.2. The lowest BCUT2D eigenvalue weighted by Crippen LogP contribution is -2.29. The predicted molar refractivity (Wildman–Crippen MR) is 122 cm³/mol. The molecule has 0 aliphatic rings. The molecule has 0 unspecified atom stereocenters. The molecule has 0 spiro atoms. The second-order valence-electron chi connectivity index (χ2n) is 7.70. The van der Waals surface area contributed by atoms with Crippen molar-refractivity contribution in [3.63, 3.8) is 0 Å². The zero-order chi connectivity index (χ0) is 23.6. The van der Waals surface area contributed by atoms with Gasteiger partial charge in [0.1, 0.15) is 22.2 Å². The molecule has 3 aromatic rings. The molecule has 1 N–H and O–H groups in total. The van der Waals surface area contributed by atoms with Gasteiger partial charge in [-0.1, -0.05) is 0 Å². The summed E-state index contributed by atoms with van der Waals surface area (Å²) in [5.74, 6) is 0.990. The van der Waals surface area contributed by atoms with E-state index in [1.807, 2.05) is 25.5 Å². The van der Waals surface area contributed by atoms with Gasteiger partial charge in [-0.15, -0.1) is 0 Å². The molecule has 1 amide bonds. The molecule has 0 saturated heterocycles. The summed E-state index contributed by atoms with van der Waals surface area (Å²) in [5.41, 5.74) is 1.91. The number of sulfonamides is 1. The standard InChI is InChI=1S/C22H28N4O5S/c1-14(2)23-22(27)15-7-9-18-17(11-15)24-21(26(18)4)13-25(3)32(28,29)20-12-16(30-5)8-10-19(20)31-6/h7-12,14H,13H2,1-6H3,(H,23,27). The molecule has 0 fully saturated rings. The van der Waals surface area contributed by atoms with E-state index in [4.69, 9.17) is 9.47 Å². The monoisotopic (exact) mass is 460 g/mol. The van der Waals surface area contributed by atoms with Gasteiger partial charge in [-0.05, 0) is 44.2 Å². The summed E-state index contributed by atoms with van der Waals surface area (Å²) >= 11 is 0. The maximum Gasteiger partial charge on any atom is 0.251 e. The van der Waals surface area contributed by atoms with Crippen LogP contribution in [0.25, 0.3) is 11.0 Å². The molecule has 0 radical (unpaired) electrons. The average Bonchev–Trinajstić information content (AvgIpc) is 3.07. The second kappa shape index (κ2) is 9.17. The van der Waals surface area contributed by atoms with Crippen LogP contribution in [-0.4, -0.2) is 55.5 Å². The lowest BCUT2D eigenvalue weighted by molar-refractivity contribution is 0.0943. The maximum absolute atomic E-state index is 13.3. The van der Waals surface area contributed by atoms with E-state index in [-0.39, 0.29) is 29.1 Å². The van der Waals surface area contributed by atoms with E-state index in [9.17, 15) is 13.2 Å². The van der Waals surface area contributed by atoms with Crippen LogP contribution >= 0.6 is 0 Å². The van der Waals surface area contributed by atoms with E-state index in [1.165, 1.54) is 31.6 Å². The Morgan fingerprint density at radius 1 is 1.16 bits per heavy atom. The number of nitrogens with one attached hydrogen (secondary N) is 1. The number of hydrogen-bond donors (Lipinski definition) is 1. The van der Waals surface area contributed by atoms with Crippen LogP contribution in [0.2, 0.25) is 0 Å². The molecule has 10 heteroatoms. The van der Waals surface area contributed by atoms with Crippen LogP contribution in [0.5, 0.6) is 11.5 Å². The fraction of sp³-hybridized carbons (Fsp3) is 0.364. The van der Waals surface area contributed by atoms with Gasteiger partial charge >= 0.3 is 0 Å². The van der Waals surface area contributed by atoms with Crippen molar-refractivity contribution in [2.45, 2.75) is 31.3 Å². The summed E-state index contributed by atoms with van der Waals surface area (Å²) in [6.45, 7) is 3.81. The molecule has 2 aromatic carbocycles. The van der Waals surface area contributed by atoms with Crippen molar-refractivity contribution in [1.29, 1.82) is 0 Å². The molecule has 1 aromatic heterocycles. The van der Waals surface area contributed by atoms with E-state index in [0.717, 1.165) is 5.52 Å². The van der Waals surface area contributed by atoms with Crippen molar-refractivity contribution in [1.82, 2.24) is 19.2 Å². The number of imidazole rings is 1. The van der Waals surface area contributed by atoms with Gasteiger partial charge in [0.2, 0.25) is 10.0 Å². The van der Waals surface area contributed by atoms with Crippen LogP contribution in [0, 0.1) is 0 Å². The number of methoxy groups -OCH3 is 2. The van der Waals surface area contributed by atoms with Crippen LogP contribution in [0.4, 0.5) is 0 Å². The summed E-state index contributed by atoms with van der Waals surface area (Å²) < 4.78 is 40.0. The number of ether oxygens (including phenoxy) is 2. The summed E-state index contributed by atoms with van der Waals surface area (Å²) in [7, 11) is 2.29. The van der Waals surface area contributed by atoms with Crippen molar-refractivity contribution in [2.24, 2.45) is 7.05 Å². The summed E-state index contributed by atoms with van der Waals surface area (Å²) in [6.07, 6.45) is 0. The first kappa shape index (κ1) is 23.6. The number of aromatic nitrogens is 2. The van der Waals surface area contributed by atoms with Gasteiger partial charge in [-0.2, -0.15) is 4.31 Å². The number of fused-ring (bicyclic) bond motifs is 1. The minimum Gasteiger partial charge on any atom is -0.497 e. The zero-order valence-corrected chi connectivity index (χ0v) is 19.9. The number of benzene rings is 2. The number of amides is 1. The summed E-state index contributed by atoms with van der Waals surface area (Å²) in [6, 6.07) is 9.88. The Bertz CT molecular complexity index is 1250. The van der Waals surface area contributed by atoms with Crippen LogP contribution in [-0.2, 0) is 23.6 Å². The first-order chi connectivity index (χ1) is 15.1. The number of carbonyl (C=O) groups is 1. The molecule has 0 aliphatic carbocycles. The molecule has 0 atom stereocenters. The third kappa shape index (κ3) is 4.56. The number of nitrogens with zero attached hydrogens (tertiary/aromatic N) is 3. The molecule has 0 aliphatic heterocycles. The highest BCUT2D eigenvalue weighted by molar-refractivity contribution is 7.89. The highest BCUT2D eigenvalue weighted by Gasteiger charge is 2.27. The van der Waals surface area contributed by atoms with Crippen molar-refractivity contribution < 1.29 is 22.7 Å². The normalized spacial score (nSPS) is 11.9. The molecular weight excluding hydrogens is 432 g/mol. The molecule has 1 heterocycles. The predicted octanol–water partition coefficient (Wildman–Crippen LogP) is 2.55. The molecule has 32 heavy (non-hydrogen) atoms. The fourth-order valence-electron chi connectivity index (χ4n) is 3.32. The van der Waals surface area contributed by atoms with Crippen molar-refractivity contribution in [2.75, 3.05) is 21.3 Å². The molecule has 3 rings (SSSR count). The third-order valence-corrected chi connectivity index (χ3v) is 6.90. The van der Waals surface area contributed by atoms with E-state index in [1.54, 1.807) is 30.3 Å². The first-order valence-electron chi connectivity index (χ1n) is 10.0. The summed E-state index contributed by atoms with van der Waals surface area (Å²) in [4.78, 5) is 16.9. The van der Waals surface area contributed by atoms with Gasteiger partial charge in [-0.3, -0.25) is 4.79 Å². The number of hydrogen-bond acceptors (Lipinski definition) is 6. The largest absolute Gasteiger partial charge is 0.497 e. The Morgan fingerprint density at radius 3 is 2.50 bits per heavy atom. The third-order valence-electron chi connectivity index (χ3n) is 5.08. The van der Waals surface area contributed by atoms with Crippen LogP contribution in [0.1, 0.15) is 30.0 Å². The van der Waals surface area contributed by atoms with Gasteiger partial charge < -0.3 is 19.4 Å². The van der Waals surface area contributed by atoms with Gasteiger partial charge in [0.25, 0.3) is 5.91 Å². The first-order valence-corrected chi connectivity index (χ1v) is 11.5. The Kier molecular flexibility index (Phi) is 6.75.